The molecule has 0 spiro atoms. The van der Waals surface area contributed by atoms with Crippen LogP contribution in [0.2, 0.25) is 5.02 Å². The Morgan fingerprint density at radius 3 is 2.46 bits per heavy atom. The number of amides is 5. The van der Waals surface area contributed by atoms with Crippen LogP contribution < -0.4 is 25.6 Å². The van der Waals surface area contributed by atoms with Gasteiger partial charge in [-0.3, -0.25) is 29.3 Å². The first-order valence-corrected chi connectivity index (χ1v) is 24.8. The van der Waals surface area contributed by atoms with Crippen LogP contribution in [0, 0.1) is 11.8 Å². The number of hydrogen-bond acceptors (Lipinski definition) is 15. The molecule has 3 heterocycles. The van der Waals surface area contributed by atoms with Gasteiger partial charge < -0.3 is 54.3 Å². The molecule has 67 heavy (non-hydrogen) atoms. The number of methoxy groups -OCH3 is 2. The molecule has 3 aliphatic rings. The molecule has 372 valence electrons. The SMILES string of the molecule is COc1cc2cc(c1Cl)N(C)C(=O)C[C@H](OC(=O)[C@H](C)N(C)C(=O)CCSSCCNC(=O)CCNC(=O)C(C)CC(=O)O)[C@]1(C)O[C@H]1[C@H](C)[C@@H]1C[C@@](O)(NC(=O)O1)[C@H](OC)/C=C/C=C(\C)C2. The van der Waals surface area contributed by atoms with E-state index in [4.69, 9.17) is 40.4 Å². The number of alkyl carbamates (subject to hydrolysis) is 1. The van der Waals surface area contributed by atoms with Crippen LogP contribution in [0.25, 0.3) is 0 Å². The van der Waals surface area contributed by atoms with Crippen molar-refractivity contribution in [3.8, 4) is 5.75 Å². The molecule has 4 rings (SSSR count). The van der Waals surface area contributed by atoms with Crippen molar-refractivity contribution in [2.24, 2.45) is 11.8 Å². The Morgan fingerprint density at radius 2 is 1.79 bits per heavy atom. The molecule has 0 aliphatic carbocycles. The number of nitrogens with zero attached hydrogens (tertiary/aromatic N) is 2. The van der Waals surface area contributed by atoms with Crippen LogP contribution in [0.3, 0.4) is 0 Å². The van der Waals surface area contributed by atoms with E-state index in [9.17, 15) is 38.7 Å². The van der Waals surface area contributed by atoms with Crippen LogP contribution in [-0.2, 0) is 54.1 Å². The fourth-order valence-corrected chi connectivity index (χ4v) is 9.99. The Kier molecular flexibility index (Phi) is 20.3. The van der Waals surface area contributed by atoms with Crippen LogP contribution in [0.1, 0.15) is 72.3 Å². The van der Waals surface area contributed by atoms with Gasteiger partial charge in [-0.1, -0.05) is 70.8 Å². The number of carbonyl (C=O) groups is 7. The van der Waals surface area contributed by atoms with Crippen LogP contribution in [0.15, 0.2) is 35.9 Å². The molecule has 1 aromatic rings. The number of carboxylic acid groups (broad SMARTS) is 1. The maximum absolute atomic E-state index is 14.3. The van der Waals surface area contributed by atoms with Crippen molar-refractivity contribution in [1.29, 1.82) is 0 Å². The quantitative estimate of drug-likeness (QED) is 0.0603. The van der Waals surface area contributed by atoms with Crippen LogP contribution >= 0.6 is 33.2 Å². The van der Waals surface area contributed by atoms with Crippen molar-refractivity contribution in [1.82, 2.24) is 20.9 Å². The van der Waals surface area contributed by atoms with Gasteiger partial charge in [-0.15, -0.1) is 0 Å². The molecule has 1 aromatic carbocycles. The van der Waals surface area contributed by atoms with E-state index in [1.54, 1.807) is 45.2 Å². The van der Waals surface area contributed by atoms with Crippen molar-refractivity contribution in [3.63, 3.8) is 0 Å². The summed E-state index contributed by atoms with van der Waals surface area (Å²) in [5.41, 5.74) is -1.11. The lowest BCUT2D eigenvalue weighted by molar-refractivity contribution is -0.162. The summed E-state index contributed by atoms with van der Waals surface area (Å²) in [6.45, 7) is 8.82. The fraction of sp³-hybridized carbons (Fsp3) is 0.622. The second kappa shape index (κ2) is 24.7. The highest BCUT2D eigenvalue weighted by Gasteiger charge is 2.64. The third-order valence-electron chi connectivity index (χ3n) is 12.1. The van der Waals surface area contributed by atoms with Crippen LogP contribution in [-0.4, -0.2) is 151 Å². The number of carbonyl (C=O) groups excluding carboxylic acids is 6. The zero-order chi connectivity index (χ0) is 49.8. The molecule has 19 nitrogen and oxygen atoms in total. The third-order valence-corrected chi connectivity index (χ3v) is 14.9. The van der Waals surface area contributed by atoms with Gasteiger partial charge in [-0.25, -0.2) is 9.59 Å². The number of benzene rings is 1. The molecule has 9 atom stereocenters. The molecule has 0 radical (unpaired) electrons. The maximum Gasteiger partial charge on any atom is 0.409 e. The fourth-order valence-electron chi connectivity index (χ4n) is 7.79. The molecule has 5 N–H and O–H groups in total. The van der Waals surface area contributed by atoms with Gasteiger partial charge in [0.2, 0.25) is 23.6 Å². The minimum atomic E-state index is -1.87. The molecule has 1 unspecified atom stereocenters. The van der Waals surface area contributed by atoms with E-state index in [2.05, 4.69) is 16.0 Å². The number of anilines is 1. The van der Waals surface area contributed by atoms with E-state index in [0.29, 0.717) is 35.9 Å². The number of rotatable bonds is 18. The van der Waals surface area contributed by atoms with Gasteiger partial charge in [-0.2, -0.15) is 0 Å². The Labute approximate surface area is 404 Å². The topological polar surface area (TPSA) is 252 Å². The summed E-state index contributed by atoms with van der Waals surface area (Å²) in [5, 5.41) is 28.6. The predicted octanol–water partition coefficient (Wildman–Crippen LogP) is 4.02. The Balaban J connectivity index is 1.43. The van der Waals surface area contributed by atoms with Gasteiger partial charge in [0.15, 0.2) is 5.72 Å². The minimum absolute atomic E-state index is 0.0380. The summed E-state index contributed by atoms with van der Waals surface area (Å²) in [6, 6.07) is 2.47. The lowest BCUT2D eigenvalue weighted by atomic mass is 9.83. The number of ether oxygens (including phenoxy) is 5. The number of aliphatic carboxylic acids is 1. The molecular formula is C45H64ClN5O14S2. The smallest absolute Gasteiger partial charge is 0.409 e. The molecule has 2 saturated heterocycles. The zero-order valence-electron chi connectivity index (χ0n) is 39.4. The standard InChI is InChI=1S/C45H64ClN5O14S2/c1-25-11-10-12-33(62-9)45(60)24-32(63-43(59)49-45)27(3)40-44(5,65-40)34(23-37(54)51(7)30-21-29(19-25)22-31(61-8)39(30)46)64-42(58)28(4)50(6)36(53)14-17-66-67-18-16-47-35(52)13-15-48-41(57)26(2)20-38(55)56/h10-12,21-22,26-28,32-34,40,60H,13-20,23-24H2,1-9H3,(H,47,52)(H,48,57)(H,49,59)(H,55,56)/b12-10+,25-11+/t26?,27-,28+,32+,33-,34+,40+,44+,45+/m1/s1. The highest BCUT2D eigenvalue weighted by atomic mass is 35.5. The van der Waals surface area contributed by atoms with Crippen molar-refractivity contribution in [3.05, 3.63) is 46.5 Å². The van der Waals surface area contributed by atoms with Crippen molar-refractivity contribution >= 4 is 80.5 Å². The average Bonchev–Trinajstić information content (AvgIpc) is 3.97. The van der Waals surface area contributed by atoms with E-state index >= 15 is 0 Å². The van der Waals surface area contributed by atoms with Crippen molar-refractivity contribution in [2.45, 2.75) is 115 Å². The number of fused-ring (bicyclic) bond motifs is 5. The second-order valence-corrected chi connectivity index (χ2v) is 20.3. The van der Waals surface area contributed by atoms with Gasteiger partial charge in [-0.05, 0) is 44.9 Å². The van der Waals surface area contributed by atoms with Crippen LogP contribution in [0.4, 0.5) is 10.5 Å². The monoisotopic (exact) mass is 997 g/mol. The average molecular weight is 999 g/mol. The number of nitrogens with one attached hydrogen (secondary N) is 3. The summed E-state index contributed by atoms with van der Waals surface area (Å²) in [6.07, 6.45) is 0.368. The number of aliphatic hydroxyl groups is 1. The second-order valence-electron chi connectivity index (χ2n) is 17.2. The summed E-state index contributed by atoms with van der Waals surface area (Å²) in [7, 11) is 8.78. The first-order chi connectivity index (χ1) is 31.5. The lowest BCUT2D eigenvalue weighted by Gasteiger charge is -2.42. The molecule has 2 fully saturated rings. The Morgan fingerprint density at radius 1 is 1.09 bits per heavy atom. The van der Waals surface area contributed by atoms with E-state index in [1.807, 2.05) is 13.0 Å². The normalized spacial score (nSPS) is 27.4. The number of carboxylic acids is 1. The molecule has 3 aliphatic heterocycles. The molecule has 0 saturated carbocycles. The number of esters is 1. The van der Waals surface area contributed by atoms with Gasteiger partial charge >= 0.3 is 18.0 Å². The van der Waals surface area contributed by atoms with Gasteiger partial charge in [0, 0.05) is 76.9 Å². The molecular weight excluding hydrogens is 934 g/mol. The molecule has 5 amide bonds. The molecule has 22 heteroatoms. The number of likely N-dealkylation sites (N-methyl/N-ethyl adjacent to an activating group) is 1. The Hall–Kier alpha value is -4.54. The number of epoxide rings is 1. The molecule has 4 bridgehead atoms. The summed E-state index contributed by atoms with van der Waals surface area (Å²) >= 11 is 6.79. The Bertz CT molecular complexity index is 2060. The minimum Gasteiger partial charge on any atom is -0.495 e. The van der Waals surface area contributed by atoms with Crippen LogP contribution in [0.5, 0.6) is 5.75 Å². The van der Waals surface area contributed by atoms with Crippen molar-refractivity contribution in [2.75, 3.05) is 57.8 Å². The van der Waals surface area contributed by atoms with Gasteiger partial charge in [0.05, 0.1) is 31.7 Å². The van der Waals surface area contributed by atoms with Gasteiger partial charge in [0.1, 0.15) is 40.7 Å². The summed E-state index contributed by atoms with van der Waals surface area (Å²) < 4.78 is 29.3. The predicted molar refractivity (Wildman–Crippen MR) is 253 cm³/mol. The first-order valence-electron chi connectivity index (χ1n) is 21.9. The van der Waals surface area contributed by atoms with E-state index in [-0.39, 0.29) is 55.5 Å². The van der Waals surface area contributed by atoms with E-state index in [0.717, 1.165) is 11.1 Å². The largest absolute Gasteiger partial charge is 0.495 e. The highest BCUT2D eigenvalue weighted by Crippen LogP contribution is 2.49. The number of allylic oxidation sites excluding steroid dienone is 3. The molecule has 0 aromatic heterocycles. The highest BCUT2D eigenvalue weighted by molar-refractivity contribution is 8.76. The lowest BCUT2D eigenvalue weighted by Crippen LogP contribution is -2.63. The maximum atomic E-state index is 14.3. The third kappa shape index (κ3) is 15.0. The van der Waals surface area contributed by atoms with E-state index in [1.165, 1.54) is 66.5 Å². The summed E-state index contributed by atoms with van der Waals surface area (Å²) in [5.74, 6) is -3.38. The number of hydrogen-bond donors (Lipinski definition) is 5. The zero-order valence-corrected chi connectivity index (χ0v) is 41.8. The van der Waals surface area contributed by atoms with E-state index < -0.39 is 83.5 Å². The van der Waals surface area contributed by atoms with Gasteiger partial charge in [0.25, 0.3) is 0 Å². The summed E-state index contributed by atoms with van der Waals surface area (Å²) in [4.78, 5) is 91.9. The first kappa shape index (κ1) is 55.1. The van der Waals surface area contributed by atoms with Crippen molar-refractivity contribution < 1.29 is 67.5 Å². The number of halogens is 1.